The first-order valence-corrected chi connectivity index (χ1v) is 7.89. The van der Waals surface area contributed by atoms with Crippen molar-refractivity contribution in [3.05, 3.63) is 39.1 Å². The molecule has 0 amide bonds. The van der Waals surface area contributed by atoms with E-state index >= 15 is 0 Å². The summed E-state index contributed by atoms with van der Waals surface area (Å²) < 4.78 is 1.10. The molecule has 2 nitrogen and oxygen atoms in total. The summed E-state index contributed by atoms with van der Waals surface area (Å²) in [6.07, 6.45) is 2.80. The fraction of sp³-hybridized carbons (Fsp3) is 0.357. The van der Waals surface area contributed by atoms with Crippen LogP contribution >= 0.6 is 27.3 Å². The van der Waals surface area contributed by atoms with Gasteiger partial charge in [0.05, 0.1) is 5.69 Å². The van der Waals surface area contributed by atoms with Crippen LogP contribution in [0.5, 0.6) is 0 Å². The lowest BCUT2D eigenvalue weighted by molar-refractivity contribution is 0.637. The molecule has 2 aromatic rings. The average Bonchev–Trinajstić information content (AvgIpc) is 3.08. The topological polar surface area (TPSA) is 24.9 Å². The molecule has 1 aliphatic carbocycles. The standard InChI is InChI=1S/C14H15BrN2S/c15-12-5-3-11(4-6-12)13-9-18-14(17-13)8-16-7-10-1-2-10/h3-6,9-10,16H,1-2,7-8H2. The monoisotopic (exact) mass is 322 g/mol. The molecule has 0 bridgehead atoms. The normalized spacial score (nSPS) is 14.9. The van der Waals surface area contributed by atoms with E-state index in [0.29, 0.717) is 0 Å². The maximum Gasteiger partial charge on any atom is 0.107 e. The average molecular weight is 323 g/mol. The molecular weight excluding hydrogens is 308 g/mol. The zero-order valence-corrected chi connectivity index (χ0v) is 12.4. The van der Waals surface area contributed by atoms with Gasteiger partial charge in [-0.1, -0.05) is 28.1 Å². The number of rotatable bonds is 5. The van der Waals surface area contributed by atoms with Gasteiger partial charge in [0, 0.05) is 22.0 Å². The lowest BCUT2D eigenvalue weighted by Crippen LogP contribution is -2.15. The summed E-state index contributed by atoms with van der Waals surface area (Å²) in [6.45, 7) is 2.05. The van der Waals surface area contributed by atoms with E-state index in [4.69, 9.17) is 0 Å². The SMILES string of the molecule is Brc1ccc(-c2csc(CNCC3CC3)n2)cc1. The van der Waals surface area contributed by atoms with Crippen LogP contribution in [0.2, 0.25) is 0 Å². The minimum atomic E-state index is 0.900. The number of nitrogens with one attached hydrogen (secondary N) is 1. The molecule has 0 spiro atoms. The lowest BCUT2D eigenvalue weighted by atomic mass is 10.2. The highest BCUT2D eigenvalue weighted by Gasteiger charge is 2.20. The zero-order valence-electron chi connectivity index (χ0n) is 10.0. The van der Waals surface area contributed by atoms with Crippen molar-refractivity contribution < 1.29 is 0 Å². The predicted molar refractivity (Wildman–Crippen MR) is 79.7 cm³/mol. The van der Waals surface area contributed by atoms with Gasteiger partial charge in [0.1, 0.15) is 5.01 Å². The van der Waals surface area contributed by atoms with Crippen molar-refractivity contribution in [1.82, 2.24) is 10.3 Å². The fourth-order valence-electron chi connectivity index (χ4n) is 1.85. The van der Waals surface area contributed by atoms with Crippen LogP contribution in [0, 0.1) is 5.92 Å². The first-order chi connectivity index (χ1) is 8.81. The molecule has 0 unspecified atom stereocenters. The van der Waals surface area contributed by atoms with Crippen molar-refractivity contribution in [2.24, 2.45) is 5.92 Å². The maximum absolute atomic E-state index is 4.67. The Kier molecular flexibility index (Phi) is 3.77. The van der Waals surface area contributed by atoms with Gasteiger partial charge in [-0.05, 0) is 37.4 Å². The molecule has 94 valence electrons. The number of benzene rings is 1. The van der Waals surface area contributed by atoms with E-state index < -0.39 is 0 Å². The molecule has 1 aliphatic rings. The van der Waals surface area contributed by atoms with E-state index in [1.807, 2.05) is 0 Å². The molecule has 1 N–H and O–H groups in total. The van der Waals surface area contributed by atoms with Crippen molar-refractivity contribution in [2.45, 2.75) is 19.4 Å². The molecule has 4 heteroatoms. The molecule has 18 heavy (non-hydrogen) atoms. The second kappa shape index (κ2) is 5.51. The van der Waals surface area contributed by atoms with Gasteiger partial charge in [0.2, 0.25) is 0 Å². The third-order valence-electron chi connectivity index (χ3n) is 3.10. The summed E-state index contributed by atoms with van der Waals surface area (Å²) in [4.78, 5) is 4.67. The van der Waals surface area contributed by atoms with Crippen molar-refractivity contribution >= 4 is 27.3 Å². The van der Waals surface area contributed by atoms with Crippen LogP contribution in [0.1, 0.15) is 17.8 Å². The van der Waals surface area contributed by atoms with Crippen LogP contribution in [0.3, 0.4) is 0 Å². The largest absolute Gasteiger partial charge is 0.310 e. The van der Waals surface area contributed by atoms with Crippen LogP contribution in [0.25, 0.3) is 11.3 Å². The minimum absolute atomic E-state index is 0.900. The second-order valence-electron chi connectivity index (χ2n) is 4.71. The van der Waals surface area contributed by atoms with Crippen LogP contribution in [0.15, 0.2) is 34.1 Å². The quantitative estimate of drug-likeness (QED) is 0.897. The molecule has 1 aromatic heterocycles. The summed E-state index contributed by atoms with van der Waals surface area (Å²) >= 11 is 5.18. The number of hydrogen-bond donors (Lipinski definition) is 1. The molecule has 0 atom stereocenters. The minimum Gasteiger partial charge on any atom is -0.310 e. The van der Waals surface area contributed by atoms with Crippen LogP contribution in [-0.4, -0.2) is 11.5 Å². The molecule has 0 aliphatic heterocycles. The number of halogens is 1. The Morgan fingerprint density at radius 1 is 1.28 bits per heavy atom. The van der Waals surface area contributed by atoms with Gasteiger partial charge in [-0.15, -0.1) is 11.3 Å². The molecule has 1 saturated carbocycles. The molecular formula is C14H15BrN2S. The predicted octanol–water partition coefficient (Wildman–Crippen LogP) is 4.07. The Morgan fingerprint density at radius 3 is 2.78 bits per heavy atom. The van der Waals surface area contributed by atoms with Gasteiger partial charge < -0.3 is 5.32 Å². The Hall–Kier alpha value is -0.710. The molecule has 1 aromatic carbocycles. The van der Waals surface area contributed by atoms with Crippen LogP contribution < -0.4 is 5.32 Å². The van der Waals surface area contributed by atoms with E-state index in [0.717, 1.165) is 29.2 Å². The first kappa shape index (κ1) is 12.3. The number of thiazole rings is 1. The summed E-state index contributed by atoms with van der Waals surface area (Å²) in [6, 6.07) is 8.31. The molecule has 1 heterocycles. The highest BCUT2D eigenvalue weighted by molar-refractivity contribution is 9.10. The maximum atomic E-state index is 4.67. The van der Waals surface area contributed by atoms with Crippen LogP contribution in [-0.2, 0) is 6.54 Å². The number of aromatic nitrogens is 1. The van der Waals surface area contributed by atoms with E-state index in [2.05, 4.69) is 55.9 Å². The summed E-state index contributed by atoms with van der Waals surface area (Å²) in [5.41, 5.74) is 2.26. The van der Waals surface area contributed by atoms with Gasteiger partial charge in [0.25, 0.3) is 0 Å². The van der Waals surface area contributed by atoms with Crippen molar-refractivity contribution in [2.75, 3.05) is 6.54 Å². The molecule has 0 radical (unpaired) electrons. The summed E-state index contributed by atoms with van der Waals surface area (Å²) in [7, 11) is 0. The zero-order chi connectivity index (χ0) is 12.4. The molecule has 0 saturated heterocycles. The number of nitrogens with zero attached hydrogens (tertiary/aromatic N) is 1. The van der Waals surface area contributed by atoms with Crippen molar-refractivity contribution in [1.29, 1.82) is 0 Å². The van der Waals surface area contributed by atoms with E-state index in [9.17, 15) is 0 Å². The van der Waals surface area contributed by atoms with E-state index in [-0.39, 0.29) is 0 Å². The second-order valence-corrected chi connectivity index (χ2v) is 6.57. The number of hydrogen-bond acceptors (Lipinski definition) is 3. The van der Waals surface area contributed by atoms with E-state index in [1.165, 1.54) is 23.4 Å². The van der Waals surface area contributed by atoms with E-state index in [1.54, 1.807) is 11.3 Å². The highest BCUT2D eigenvalue weighted by atomic mass is 79.9. The van der Waals surface area contributed by atoms with Crippen LogP contribution in [0.4, 0.5) is 0 Å². The molecule has 1 fully saturated rings. The van der Waals surface area contributed by atoms with Crippen molar-refractivity contribution in [3.8, 4) is 11.3 Å². The Balaban J connectivity index is 1.62. The Labute approximate surface area is 120 Å². The fourth-order valence-corrected chi connectivity index (χ4v) is 2.89. The first-order valence-electron chi connectivity index (χ1n) is 6.22. The van der Waals surface area contributed by atoms with Gasteiger partial charge in [-0.3, -0.25) is 0 Å². The molecule has 3 rings (SSSR count). The summed E-state index contributed by atoms with van der Waals surface area (Å²) in [5.74, 6) is 0.927. The highest BCUT2D eigenvalue weighted by Crippen LogP contribution is 2.28. The van der Waals surface area contributed by atoms with Gasteiger partial charge in [-0.2, -0.15) is 0 Å². The Morgan fingerprint density at radius 2 is 2.06 bits per heavy atom. The van der Waals surface area contributed by atoms with Gasteiger partial charge >= 0.3 is 0 Å². The third-order valence-corrected chi connectivity index (χ3v) is 4.48. The van der Waals surface area contributed by atoms with Crippen molar-refractivity contribution in [3.63, 3.8) is 0 Å². The Bertz CT molecular complexity index is 517. The lowest BCUT2D eigenvalue weighted by Gasteiger charge is -1.99. The third kappa shape index (κ3) is 3.19. The van der Waals surface area contributed by atoms with Gasteiger partial charge in [0.15, 0.2) is 0 Å². The summed E-state index contributed by atoms with van der Waals surface area (Å²) in [5, 5.41) is 6.79. The smallest absolute Gasteiger partial charge is 0.107 e. The van der Waals surface area contributed by atoms with Gasteiger partial charge in [-0.25, -0.2) is 4.98 Å².